The normalized spacial score (nSPS) is 20.6. The molecule has 4 nitrogen and oxygen atoms in total. The van der Waals surface area contributed by atoms with Crippen molar-refractivity contribution in [1.82, 2.24) is 9.62 Å². The van der Waals surface area contributed by atoms with Crippen molar-refractivity contribution < 1.29 is 8.42 Å². The standard InChI is InChI=1S/C14H24N2O2S2/c1-4-6-15-8-13-14(12(3)10-19-13)20(17,18)16-7-5-11(2)9-16/h10-11,15H,4-9H2,1-3H3. The molecule has 2 heterocycles. The molecule has 1 atom stereocenters. The maximum absolute atomic E-state index is 12.8. The van der Waals surface area contributed by atoms with E-state index in [1.807, 2.05) is 12.3 Å². The van der Waals surface area contributed by atoms with Crippen molar-refractivity contribution in [2.24, 2.45) is 5.92 Å². The Morgan fingerprint density at radius 3 is 2.85 bits per heavy atom. The van der Waals surface area contributed by atoms with E-state index in [1.54, 1.807) is 15.6 Å². The fourth-order valence-electron chi connectivity index (χ4n) is 2.58. The predicted octanol–water partition coefficient (Wildman–Crippen LogP) is 2.59. The molecule has 0 amide bonds. The highest BCUT2D eigenvalue weighted by atomic mass is 32.2. The van der Waals surface area contributed by atoms with Crippen molar-refractivity contribution in [2.75, 3.05) is 19.6 Å². The highest BCUT2D eigenvalue weighted by Crippen LogP contribution is 2.32. The summed E-state index contributed by atoms with van der Waals surface area (Å²) in [5, 5.41) is 5.26. The minimum absolute atomic E-state index is 0.463. The molecule has 1 aromatic rings. The van der Waals surface area contributed by atoms with Gasteiger partial charge in [0, 0.05) is 24.5 Å². The average Bonchev–Trinajstić information content (AvgIpc) is 2.97. The SMILES string of the molecule is CCCNCc1scc(C)c1S(=O)(=O)N1CCC(C)C1. The molecule has 0 spiro atoms. The molecule has 1 fully saturated rings. The lowest BCUT2D eigenvalue weighted by atomic mass is 10.2. The van der Waals surface area contributed by atoms with Crippen LogP contribution in [0.25, 0.3) is 0 Å². The van der Waals surface area contributed by atoms with Crippen molar-refractivity contribution in [2.45, 2.75) is 45.1 Å². The number of nitrogens with one attached hydrogen (secondary N) is 1. The first kappa shape index (κ1) is 15.9. The zero-order valence-corrected chi connectivity index (χ0v) is 14.1. The monoisotopic (exact) mass is 316 g/mol. The second kappa shape index (κ2) is 6.56. The molecule has 1 N–H and O–H groups in total. The van der Waals surface area contributed by atoms with Gasteiger partial charge in [-0.15, -0.1) is 11.3 Å². The molecule has 1 aromatic heterocycles. The van der Waals surface area contributed by atoms with Crippen LogP contribution in [0.2, 0.25) is 0 Å². The average molecular weight is 316 g/mol. The molecule has 1 saturated heterocycles. The molecule has 2 rings (SSSR count). The van der Waals surface area contributed by atoms with Crippen LogP contribution in [0, 0.1) is 12.8 Å². The van der Waals surface area contributed by atoms with Crippen LogP contribution in [0.5, 0.6) is 0 Å². The van der Waals surface area contributed by atoms with Gasteiger partial charge in [0.25, 0.3) is 0 Å². The van der Waals surface area contributed by atoms with Gasteiger partial charge in [0.15, 0.2) is 0 Å². The summed E-state index contributed by atoms with van der Waals surface area (Å²) in [5.41, 5.74) is 0.878. The predicted molar refractivity (Wildman–Crippen MR) is 83.6 cm³/mol. The molecule has 1 unspecified atom stereocenters. The van der Waals surface area contributed by atoms with E-state index in [2.05, 4.69) is 19.2 Å². The number of aryl methyl sites for hydroxylation is 1. The number of sulfonamides is 1. The van der Waals surface area contributed by atoms with Crippen LogP contribution in [-0.2, 0) is 16.6 Å². The van der Waals surface area contributed by atoms with Gasteiger partial charge in [0.2, 0.25) is 10.0 Å². The minimum atomic E-state index is -3.32. The maximum atomic E-state index is 12.8. The summed E-state index contributed by atoms with van der Waals surface area (Å²) in [7, 11) is -3.32. The van der Waals surface area contributed by atoms with Crippen LogP contribution in [0.4, 0.5) is 0 Å². The number of nitrogens with zero attached hydrogens (tertiary/aromatic N) is 1. The van der Waals surface area contributed by atoms with Gasteiger partial charge in [-0.25, -0.2) is 8.42 Å². The zero-order chi connectivity index (χ0) is 14.8. The molecule has 1 aliphatic rings. The number of thiophene rings is 1. The second-order valence-electron chi connectivity index (χ2n) is 5.60. The van der Waals surface area contributed by atoms with E-state index < -0.39 is 10.0 Å². The lowest BCUT2D eigenvalue weighted by Gasteiger charge is -2.17. The van der Waals surface area contributed by atoms with Gasteiger partial charge in [-0.1, -0.05) is 13.8 Å². The Kier molecular flexibility index (Phi) is 5.23. The summed E-state index contributed by atoms with van der Waals surface area (Å²) in [4.78, 5) is 1.48. The van der Waals surface area contributed by atoms with Crippen molar-refractivity contribution in [1.29, 1.82) is 0 Å². The molecule has 0 aromatic carbocycles. The van der Waals surface area contributed by atoms with E-state index in [0.29, 0.717) is 30.4 Å². The lowest BCUT2D eigenvalue weighted by Crippen LogP contribution is -2.30. The Morgan fingerprint density at radius 2 is 2.25 bits per heavy atom. The summed E-state index contributed by atoms with van der Waals surface area (Å²) in [6.07, 6.45) is 2.02. The minimum Gasteiger partial charge on any atom is -0.312 e. The molecule has 0 aliphatic carbocycles. The van der Waals surface area contributed by atoms with Crippen molar-refractivity contribution in [3.63, 3.8) is 0 Å². The summed E-state index contributed by atoms with van der Waals surface area (Å²) >= 11 is 1.54. The summed E-state index contributed by atoms with van der Waals surface area (Å²) in [6.45, 7) is 8.98. The Morgan fingerprint density at radius 1 is 1.50 bits per heavy atom. The molecular formula is C14H24N2O2S2. The van der Waals surface area contributed by atoms with Gasteiger partial charge in [-0.3, -0.25) is 0 Å². The quantitative estimate of drug-likeness (QED) is 0.821. The van der Waals surface area contributed by atoms with Crippen LogP contribution < -0.4 is 5.32 Å². The first-order valence-corrected chi connectivity index (χ1v) is 9.56. The van der Waals surface area contributed by atoms with Crippen LogP contribution in [-0.4, -0.2) is 32.4 Å². The topological polar surface area (TPSA) is 49.4 Å². The fourth-order valence-corrected chi connectivity index (χ4v) is 5.88. The maximum Gasteiger partial charge on any atom is 0.244 e. The summed E-state index contributed by atoms with van der Waals surface area (Å²) in [5.74, 6) is 0.463. The van der Waals surface area contributed by atoms with E-state index in [4.69, 9.17) is 0 Å². The Balaban J connectivity index is 2.24. The first-order valence-electron chi connectivity index (χ1n) is 7.24. The Bertz CT molecular complexity index is 552. The van der Waals surface area contributed by atoms with Crippen LogP contribution in [0.1, 0.15) is 37.1 Å². The summed E-state index contributed by atoms with van der Waals surface area (Å²) in [6, 6.07) is 0. The molecule has 6 heteroatoms. The van der Waals surface area contributed by atoms with Crippen molar-refractivity contribution in [3.8, 4) is 0 Å². The third-order valence-corrected chi connectivity index (χ3v) is 7.02. The Labute approximate surface area is 126 Å². The summed E-state index contributed by atoms with van der Waals surface area (Å²) < 4.78 is 27.3. The van der Waals surface area contributed by atoms with Gasteiger partial charge < -0.3 is 5.32 Å². The van der Waals surface area contributed by atoms with Crippen molar-refractivity contribution in [3.05, 3.63) is 15.8 Å². The van der Waals surface area contributed by atoms with E-state index in [-0.39, 0.29) is 0 Å². The van der Waals surface area contributed by atoms with Gasteiger partial charge in [-0.2, -0.15) is 4.31 Å². The lowest BCUT2D eigenvalue weighted by molar-refractivity contribution is 0.463. The molecule has 0 bridgehead atoms. The zero-order valence-electron chi connectivity index (χ0n) is 12.5. The van der Waals surface area contributed by atoms with Crippen molar-refractivity contribution >= 4 is 21.4 Å². The number of rotatable bonds is 6. The molecule has 20 heavy (non-hydrogen) atoms. The van der Waals surface area contributed by atoms with Gasteiger partial charge in [0.1, 0.15) is 4.90 Å². The van der Waals surface area contributed by atoms with E-state index >= 15 is 0 Å². The fraction of sp³-hybridized carbons (Fsp3) is 0.714. The second-order valence-corrected chi connectivity index (χ2v) is 8.44. The molecule has 0 saturated carbocycles. The van der Waals surface area contributed by atoms with Crippen LogP contribution in [0.15, 0.2) is 10.3 Å². The Hall–Kier alpha value is -0.430. The largest absolute Gasteiger partial charge is 0.312 e. The highest BCUT2D eigenvalue weighted by molar-refractivity contribution is 7.89. The molecular weight excluding hydrogens is 292 g/mol. The molecule has 1 aliphatic heterocycles. The first-order chi connectivity index (χ1) is 9.46. The van der Waals surface area contributed by atoms with E-state index in [1.165, 1.54) is 0 Å². The number of hydrogen-bond acceptors (Lipinski definition) is 4. The van der Waals surface area contributed by atoms with E-state index in [0.717, 1.165) is 29.8 Å². The smallest absolute Gasteiger partial charge is 0.244 e. The van der Waals surface area contributed by atoms with Gasteiger partial charge in [0.05, 0.1) is 0 Å². The van der Waals surface area contributed by atoms with E-state index in [9.17, 15) is 8.42 Å². The highest BCUT2D eigenvalue weighted by Gasteiger charge is 2.33. The third-order valence-electron chi connectivity index (χ3n) is 3.69. The molecule has 114 valence electrons. The van der Waals surface area contributed by atoms with Gasteiger partial charge >= 0.3 is 0 Å². The van der Waals surface area contributed by atoms with Crippen LogP contribution >= 0.6 is 11.3 Å². The molecule has 0 radical (unpaired) electrons. The third kappa shape index (κ3) is 3.24. The number of hydrogen-bond donors (Lipinski definition) is 1. The van der Waals surface area contributed by atoms with Gasteiger partial charge in [-0.05, 0) is 43.2 Å². The van der Waals surface area contributed by atoms with Crippen LogP contribution in [0.3, 0.4) is 0 Å².